The van der Waals surface area contributed by atoms with Crippen molar-refractivity contribution in [3.8, 4) is 11.5 Å². The van der Waals surface area contributed by atoms with Crippen molar-refractivity contribution in [2.75, 3.05) is 13.1 Å². The van der Waals surface area contributed by atoms with Crippen molar-refractivity contribution < 1.29 is 14.3 Å². The summed E-state index contributed by atoms with van der Waals surface area (Å²) in [4.78, 5) is 14.2. The Morgan fingerprint density at radius 1 is 1.43 bits per heavy atom. The Labute approximate surface area is 122 Å². The first-order valence-corrected chi connectivity index (χ1v) is 6.99. The Hall–Kier alpha value is -2.21. The zero-order valence-corrected chi connectivity index (χ0v) is 11.8. The van der Waals surface area contributed by atoms with Gasteiger partial charge in [-0.1, -0.05) is 0 Å². The number of nitrogens with zero attached hydrogens (tertiary/aromatic N) is 3. The normalized spacial score (nSPS) is 19.7. The van der Waals surface area contributed by atoms with Gasteiger partial charge in [0.25, 0.3) is 5.91 Å². The largest absolute Gasteiger partial charge is 0.423 e. The minimum Gasteiger partial charge on any atom is -0.423 e. The molecule has 1 amide bonds. The topological polar surface area (TPSA) is 79.5 Å². The molecule has 1 aliphatic rings. The number of carbonyl (C=O) groups excluding carboxylic acids is 1. The van der Waals surface area contributed by atoms with Crippen molar-refractivity contribution in [3.05, 3.63) is 36.2 Å². The Kier molecular flexibility index (Phi) is 3.70. The van der Waals surface area contributed by atoms with Gasteiger partial charge in [0.15, 0.2) is 0 Å². The quantitative estimate of drug-likeness (QED) is 0.927. The van der Waals surface area contributed by atoms with E-state index in [1.54, 1.807) is 36.1 Å². The maximum atomic E-state index is 12.4. The number of carbonyl (C=O) groups is 1. The van der Waals surface area contributed by atoms with Gasteiger partial charge in [-0.25, -0.2) is 0 Å². The predicted molar refractivity (Wildman–Crippen MR) is 75.4 cm³/mol. The lowest BCUT2D eigenvalue weighted by Gasteiger charge is -2.17. The highest BCUT2D eigenvalue weighted by Gasteiger charge is 2.29. The van der Waals surface area contributed by atoms with Crippen molar-refractivity contribution >= 4 is 5.91 Å². The van der Waals surface area contributed by atoms with Gasteiger partial charge in [-0.05, 0) is 37.6 Å². The van der Waals surface area contributed by atoms with Gasteiger partial charge in [0, 0.05) is 30.1 Å². The molecule has 21 heavy (non-hydrogen) atoms. The van der Waals surface area contributed by atoms with Crippen molar-refractivity contribution in [3.63, 3.8) is 0 Å². The third-order valence-electron chi connectivity index (χ3n) is 3.93. The minimum atomic E-state index is -0.372. The number of aliphatic hydroxyl groups is 1. The Morgan fingerprint density at radius 2 is 2.19 bits per heavy atom. The molecule has 2 unspecified atom stereocenters. The second kappa shape index (κ2) is 5.65. The van der Waals surface area contributed by atoms with Gasteiger partial charge in [0.1, 0.15) is 0 Å². The third-order valence-corrected chi connectivity index (χ3v) is 3.93. The van der Waals surface area contributed by atoms with Gasteiger partial charge in [-0.2, -0.15) is 0 Å². The molecule has 0 radical (unpaired) electrons. The van der Waals surface area contributed by atoms with Crippen LogP contribution in [-0.2, 0) is 0 Å². The first-order chi connectivity index (χ1) is 10.1. The molecule has 0 bridgehead atoms. The summed E-state index contributed by atoms with van der Waals surface area (Å²) < 4.78 is 5.11. The van der Waals surface area contributed by atoms with E-state index in [1.807, 2.05) is 0 Å². The average Bonchev–Trinajstić information content (AvgIpc) is 3.18. The average molecular weight is 287 g/mol. The summed E-state index contributed by atoms with van der Waals surface area (Å²) in [7, 11) is 0. The maximum Gasteiger partial charge on any atom is 0.253 e. The number of aromatic nitrogens is 2. The molecule has 1 N–H and O–H groups in total. The summed E-state index contributed by atoms with van der Waals surface area (Å²) in [6.07, 6.45) is 1.75. The first kappa shape index (κ1) is 13.8. The van der Waals surface area contributed by atoms with Gasteiger partial charge in [0.05, 0.1) is 6.10 Å². The van der Waals surface area contributed by atoms with Crippen LogP contribution in [0, 0.1) is 5.92 Å². The number of benzene rings is 1. The first-order valence-electron chi connectivity index (χ1n) is 6.99. The molecule has 0 spiro atoms. The number of hydrogen-bond donors (Lipinski definition) is 1. The maximum absolute atomic E-state index is 12.4. The molecule has 6 heteroatoms. The van der Waals surface area contributed by atoms with E-state index < -0.39 is 0 Å². The SMILES string of the molecule is CC(O)C1CCN(C(=O)c2ccc(-c3nnco3)cc2)C1. The molecule has 2 heterocycles. The lowest BCUT2D eigenvalue weighted by atomic mass is 10.0. The van der Waals surface area contributed by atoms with Gasteiger partial charge in [-0.15, -0.1) is 10.2 Å². The lowest BCUT2D eigenvalue weighted by molar-refractivity contribution is 0.0762. The molecule has 110 valence electrons. The van der Waals surface area contributed by atoms with Crippen LogP contribution >= 0.6 is 0 Å². The van der Waals surface area contributed by atoms with E-state index in [4.69, 9.17) is 4.42 Å². The van der Waals surface area contributed by atoms with Crippen molar-refractivity contribution in [2.45, 2.75) is 19.4 Å². The molecular weight excluding hydrogens is 270 g/mol. The number of aliphatic hydroxyl groups excluding tert-OH is 1. The highest BCUT2D eigenvalue weighted by molar-refractivity contribution is 5.94. The number of likely N-dealkylation sites (tertiary alicyclic amines) is 1. The van der Waals surface area contributed by atoms with Gasteiger partial charge < -0.3 is 14.4 Å². The number of amides is 1. The molecule has 1 fully saturated rings. The molecule has 1 aliphatic heterocycles. The van der Waals surface area contributed by atoms with E-state index >= 15 is 0 Å². The Bertz CT molecular complexity index is 608. The second-order valence-corrected chi connectivity index (χ2v) is 5.36. The number of rotatable bonds is 3. The van der Waals surface area contributed by atoms with E-state index in [0.717, 1.165) is 12.0 Å². The van der Waals surface area contributed by atoms with Crippen LogP contribution in [0.2, 0.25) is 0 Å². The van der Waals surface area contributed by atoms with Crippen LogP contribution in [0.5, 0.6) is 0 Å². The second-order valence-electron chi connectivity index (χ2n) is 5.36. The summed E-state index contributed by atoms with van der Waals surface area (Å²) in [6.45, 7) is 3.08. The smallest absolute Gasteiger partial charge is 0.253 e. The highest BCUT2D eigenvalue weighted by atomic mass is 16.4. The van der Waals surface area contributed by atoms with Crippen molar-refractivity contribution in [2.24, 2.45) is 5.92 Å². The molecule has 2 aromatic rings. The lowest BCUT2D eigenvalue weighted by Crippen LogP contribution is -2.30. The molecule has 1 saturated heterocycles. The summed E-state index contributed by atoms with van der Waals surface area (Å²) in [5.41, 5.74) is 1.41. The van der Waals surface area contributed by atoms with Crippen molar-refractivity contribution in [1.29, 1.82) is 0 Å². The molecule has 0 saturated carbocycles. The van der Waals surface area contributed by atoms with Crippen LogP contribution in [0.25, 0.3) is 11.5 Å². The van der Waals surface area contributed by atoms with Crippen LogP contribution in [0.1, 0.15) is 23.7 Å². The molecular formula is C15H17N3O3. The van der Waals surface area contributed by atoms with E-state index in [9.17, 15) is 9.90 Å². The Morgan fingerprint density at radius 3 is 2.76 bits per heavy atom. The van der Waals surface area contributed by atoms with Crippen LogP contribution in [-0.4, -0.2) is 45.3 Å². The van der Waals surface area contributed by atoms with E-state index in [0.29, 0.717) is 24.5 Å². The fourth-order valence-corrected chi connectivity index (χ4v) is 2.60. The molecule has 6 nitrogen and oxygen atoms in total. The monoisotopic (exact) mass is 287 g/mol. The van der Waals surface area contributed by atoms with Crippen LogP contribution < -0.4 is 0 Å². The van der Waals surface area contributed by atoms with E-state index in [2.05, 4.69) is 10.2 Å². The third kappa shape index (κ3) is 2.80. The summed E-state index contributed by atoms with van der Waals surface area (Å²) >= 11 is 0. The van der Waals surface area contributed by atoms with E-state index in [1.165, 1.54) is 6.39 Å². The fourth-order valence-electron chi connectivity index (χ4n) is 2.60. The predicted octanol–water partition coefficient (Wildman–Crippen LogP) is 1.58. The van der Waals surface area contributed by atoms with Gasteiger partial charge >= 0.3 is 0 Å². The highest BCUT2D eigenvalue weighted by Crippen LogP contribution is 2.23. The van der Waals surface area contributed by atoms with E-state index in [-0.39, 0.29) is 17.9 Å². The zero-order valence-electron chi connectivity index (χ0n) is 11.8. The fraction of sp³-hybridized carbons (Fsp3) is 0.400. The summed E-state index contributed by atoms with van der Waals surface area (Å²) in [5, 5.41) is 17.1. The summed E-state index contributed by atoms with van der Waals surface area (Å²) in [6, 6.07) is 7.11. The molecule has 3 rings (SSSR count). The molecule has 2 atom stereocenters. The minimum absolute atomic E-state index is 0.00442. The van der Waals surface area contributed by atoms with Crippen LogP contribution in [0.4, 0.5) is 0 Å². The molecule has 1 aromatic carbocycles. The van der Waals surface area contributed by atoms with Crippen LogP contribution in [0.3, 0.4) is 0 Å². The molecule has 0 aliphatic carbocycles. The van der Waals surface area contributed by atoms with Crippen molar-refractivity contribution in [1.82, 2.24) is 15.1 Å². The standard InChI is InChI=1S/C15H17N3O3/c1-10(19)13-6-7-18(8-13)15(20)12-4-2-11(3-5-12)14-17-16-9-21-14/h2-5,9-10,13,19H,6-8H2,1H3. The molecule has 1 aromatic heterocycles. The Balaban J connectivity index is 1.71. The zero-order chi connectivity index (χ0) is 14.8. The van der Waals surface area contributed by atoms with Gasteiger partial charge in [-0.3, -0.25) is 4.79 Å². The number of hydrogen-bond acceptors (Lipinski definition) is 5. The summed E-state index contributed by atoms with van der Waals surface area (Å²) in [5.74, 6) is 0.603. The van der Waals surface area contributed by atoms with Gasteiger partial charge in [0.2, 0.25) is 12.3 Å². The van der Waals surface area contributed by atoms with Crippen LogP contribution in [0.15, 0.2) is 35.1 Å².